The number of hydrogen-bond acceptors (Lipinski definition) is 5. The van der Waals surface area contributed by atoms with Crippen LogP contribution in [-0.2, 0) is 14.4 Å². The highest BCUT2D eigenvalue weighted by molar-refractivity contribution is 8.77. The molecule has 1 rings (SSSR count). The zero-order valence-corrected chi connectivity index (χ0v) is 12.8. The highest BCUT2D eigenvalue weighted by Crippen LogP contribution is 2.39. The summed E-state index contributed by atoms with van der Waals surface area (Å²) < 4.78 is 0. The van der Waals surface area contributed by atoms with Crippen LogP contribution < -0.4 is 0 Å². The fourth-order valence-corrected chi connectivity index (χ4v) is 4.96. The number of nitrogens with zero attached hydrogens (tertiary/aromatic N) is 1. The van der Waals surface area contributed by atoms with Gasteiger partial charge in [-0.05, 0) is 19.3 Å². The third kappa shape index (κ3) is 7.04. The van der Waals surface area contributed by atoms with E-state index in [2.05, 4.69) is 0 Å². The topological polar surface area (TPSA) is 94.9 Å². The summed E-state index contributed by atoms with van der Waals surface area (Å²) in [5.74, 6) is -1.61. The van der Waals surface area contributed by atoms with Crippen molar-refractivity contribution in [2.45, 2.75) is 37.4 Å². The summed E-state index contributed by atoms with van der Waals surface area (Å²) in [7, 11) is 3.77. The highest BCUT2D eigenvalue weighted by Gasteiger charge is 2.20. The summed E-state index contributed by atoms with van der Waals surface area (Å²) in [6.45, 7) is -1.11. The van der Waals surface area contributed by atoms with E-state index in [1.807, 2.05) is 21.6 Å². The van der Waals surface area contributed by atoms with Crippen LogP contribution in [0.25, 0.3) is 0 Å². The average molecular weight is 321 g/mol. The Labute approximate surface area is 125 Å². The van der Waals surface area contributed by atoms with E-state index in [1.54, 1.807) is 0 Å². The van der Waals surface area contributed by atoms with E-state index in [0.29, 0.717) is 11.7 Å². The Bertz CT molecular complexity index is 342. The van der Waals surface area contributed by atoms with Crippen LogP contribution in [-0.4, -0.2) is 57.1 Å². The molecule has 0 bridgehead atoms. The molecule has 1 atom stereocenters. The van der Waals surface area contributed by atoms with Crippen LogP contribution in [0.15, 0.2) is 0 Å². The van der Waals surface area contributed by atoms with Gasteiger partial charge in [-0.15, -0.1) is 0 Å². The van der Waals surface area contributed by atoms with Crippen molar-refractivity contribution >= 4 is 39.4 Å². The Hall–Kier alpha value is -0.890. The molecule has 1 fully saturated rings. The summed E-state index contributed by atoms with van der Waals surface area (Å²) in [6.07, 6.45) is 4.07. The van der Waals surface area contributed by atoms with Crippen molar-refractivity contribution in [3.05, 3.63) is 0 Å². The van der Waals surface area contributed by atoms with Gasteiger partial charge in [0.25, 0.3) is 0 Å². The first-order valence-electron chi connectivity index (χ1n) is 6.48. The SMILES string of the molecule is O=C(O)CN(CC(=O)O)C(=O)CCCCC1CCSS1. The maximum Gasteiger partial charge on any atom is 0.323 e. The molecule has 0 aromatic carbocycles. The van der Waals surface area contributed by atoms with Gasteiger partial charge in [0.15, 0.2) is 0 Å². The Morgan fingerprint density at radius 2 is 1.75 bits per heavy atom. The lowest BCUT2D eigenvalue weighted by molar-refractivity contribution is -0.149. The minimum atomic E-state index is -1.20. The minimum Gasteiger partial charge on any atom is -0.480 e. The molecule has 0 spiro atoms. The van der Waals surface area contributed by atoms with Crippen LogP contribution in [0.4, 0.5) is 0 Å². The van der Waals surface area contributed by atoms with Gasteiger partial charge in [0.2, 0.25) is 5.91 Å². The van der Waals surface area contributed by atoms with Crippen LogP contribution in [0.5, 0.6) is 0 Å². The standard InChI is InChI=1S/C12H19NO5S2/c14-10(13(7-11(15)16)8-12(17)18)4-2-1-3-9-5-6-19-20-9/h9H,1-8H2,(H,15,16)(H,17,18). The van der Waals surface area contributed by atoms with E-state index in [-0.39, 0.29) is 6.42 Å². The molecule has 1 amide bonds. The Morgan fingerprint density at radius 3 is 2.25 bits per heavy atom. The lowest BCUT2D eigenvalue weighted by atomic mass is 10.1. The van der Waals surface area contributed by atoms with Crippen molar-refractivity contribution in [3.63, 3.8) is 0 Å². The molecule has 0 radical (unpaired) electrons. The van der Waals surface area contributed by atoms with E-state index in [4.69, 9.17) is 10.2 Å². The lowest BCUT2D eigenvalue weighted by Gasteiger charge is -2.18. The van der Waals surface area contributed by atoms with E-state index in [0.717, 1.165) is 17.7 Å². The van der Waals surface area contributed by atoms with Crippen molar-refractivity contribution in [1.29, 1.82) is 0 Å². The van der Waals surface area contributed by atoms with Gasteiger partial charge in [-0.25, -0.2) is 0 Å². The predicted molar refractivity (Wildman–Crippen MR) is 78.8 cm³/mol. The summed E-state index contributed by atoms with van der Waals surface area (Å²) >= 11 is 0. The van der Waals surface area contributed by atoms with Crippen LogP contribution in [0.2, 0.25) is 0 Å². The summed E-state index contributed by atoms with van der Waals surface area (Å²) in [5.41, 5.74) is 0. The van der Waals surface area contributed by atoms with Gasteiger partial charge in [0.05, 0.1) is 0 Å². The van der Waals surface area contributed by atoms with Gasteiger partial charge in [0.1, 0.15) is 13.1 Å². The number of amides is 1. The van der Waals surface area contributed by atoms with Crippen molar-refractivity contribution in [2.24, 2.45) is 0 Å². The fraction of sp³-hybridized carbons (Fsp3) is 0.750. The normalized spacial score (nSPS) is 17.9. The Morgan fingerprint density at radius 1 is 1.10 bits per heavy atom. The van der Waals surface area contributed by atoms with Crippen molar-refractivity contribution < 1.29 is 24.6 Å². The highest BCUT2D eigenvalue weighted by atomic mass is 33.1. The Balaban J connectivity index is 2.25. The van der Waals surface area contributed by atoms with Crippen LogP contribution in [0.3, 0.4) is 0 Å². The van der Waals surface area contributed by atoms with E-state index < -0.39 is 30.9 Å². The first-order valence-corrected chi connectivity index (χ1v) is 8.87. The maximum absolute atomic E-state index is 11.8. The zero-order valence-electron chi connectivity index (χ0n) is 11.1. The number of unbranched alkanes of at least 4 members (excludes halogenated alkanes) is 1. The number of hydrogen-bond donors (Lipinski definition) is 2. The molecule has 0 saturated carbocycles. The molecular weight excluding hydrogens is 302 g/mol. The van der Waals surface area contributed by atoms with Crippen LogP contribution in [0.1, 0.15) is 32.1 Å². The van der Waals surface area contributed by atoms with Gasteiger partial charge < -0.3 is 15.1 Å². The van der Waals surface area contributed by atoms with Gasteiger partial charge in [-0.1, -0.05) is 28.0 Å². The molecule has 0 aromatic heterocycles. The van der Waals surface area contributed by atoms with Gasteiger partial charge in [-0.3, -0.25) is 14.4 Å². The molecule has 20 heavy (non-hydrogen) atoms. The monoisotopic (exact) mass is 321 g/mol. The molecule has 6 nitrogen and oxygen atoms in total. The predicted octanol–water partition coefficient (Wildman–Crippen LogP) is 1.70. The van der Waals surface area contributed by atoms with Gasteiger partial charge in [-0.2, -0.15) is 0 Å². The molecule has 8 heteroatoms. The molecule has 1 saturated heterocycles. The van der Waals surface area contributed by atoms with E-state index in [9.17, 15) is 14.4 Å². The molecule has 0 aliphatic carbocycles. The van der Waals surface area contributed by atoms with E-state index >= 15 is 0 Å². The second-order valence-electron chi connectivity index (χ2n) is 4.61. The fourth-order valence-electron chi connectivity index (χ4n) is 1.93. The molecule has 1 aliphatic rings. The smallest absolute Gasteiger partial charge is 0.323 e. The summed E-state index contributed by atoms with van der Waals surface area (Å²) in [5, 5.41) is 18.0. The number of carboxylic acid groups (broad SMARTS) is 2. The van der Waals surface area contributed by atoms with Crippen LogP contribution >= 0.6 is 21.6 Å². The molecule has 0 aromatic rings. The first-order chi connectivity index (χ1) is 9.49. The zero-order chi connectivity index (χ0) is 15.0. The third-order valence-electron chi connectivity index (χ3n) is 2.90. The molecule has 1 unspecified atom stereocenters. The number of carbonyl (C=O) groups excluding carboxylic acids is 1. The number of carboxylic acids is 2. The minimum absolute atomic E-state index is 0.213. The van der Waals surface area contributed by atoms with Crippen molar-refractivity contribution in [2.75, 3.05) is 18.8 Å². The largest absolute Gasteiger partial charge is 0.480 e. The van der Waals surface area contributed by atoms with E-state index in [1.165, 1.54) is 12.2 Å². The second-order valence-corrected chi connectivity index (χ2v) is 7.40. The second kappa shape index (κ2) is 9.12. The third-order valence-corrected chi connectivity index (χ3v) is 5.91. The summed E-state index contributed by atoms with van der Waals surface area (Å²) in [4.78, 5) is 33.9. The van der Waals surface area contributed by atoms with Gasteiger partial charge in [0, 0.05) is 17.4 Å². The number of aliphatic carboxylic acids is 2. The molecule has 2 N–H and O–H groups in total. The number of rotatable bonds is 9. The average Bonchev–Trinajstić information content (AvgIpc) is 2.85. The molecule has 1 heterocycles. The quantitative estimate of drug-likeness (QED) is 0.493. The van der Waals surface area contributed by atoms with Crippen LogP contribution in [0, 0.1) is 0 Å². The molecular formula is C12H19NO5S2. The number of carbonyl (C=O) groups is 3. The lowest BCUT2D eigenvalue weighted by Crippen LogP contribution is -2.39. The first kappa shape index (κ1) is 17.2. The van der Waals surface area contributed by atoms with Gasteiger partial charge >= 0.3 is 11.9 Å². The molecule has 114 valence electrons. The van der Waals surface area contributed by atoms with Crippen molar-refractivity contribution in [3.8, 4) is 0 Å². The maximum atomic E-state index is 11.8. The summed E-state index contributed by atoms with van der Waals surface area (Å²) in [6, 6.07) is 0. The molecule has 1 aliphatic heterocycles. The Kier molecular flexibility index (Phi) is 7.83. The van der Waals surface area contributed by atoms with Crippen molar-refractivity contribution in [1.82, 2.24) is 4.90 Å².